The summed E-state index contributed by atoms with van der Waals surface area (Å²) in [5.41, 5.74) is 1.17. The van der Waals surface area contributed by atoms with E-state index in [1.807, 2.05) is 36.4 Å². The molecule has 0 atom stereocenters. The van der Waals surface area contributed by atoms with Gasteiger partial charge in [0.25, 0.3) is 17.9 Å². The summed E-state index contributed by atoms with van der Waals surface area (Å²) >= 11 is 0. The molecule has 1 aromatic rings. The van der Waals surface area contributed by atoms with Crippen molar-refractivity contribution in [2.24, 2.45) is 0 Å². The number of hydrogen-bond acceptors (Lipinski definition) is 5. The van der Waals surface area contributed by atoms with Crippen molar-refractivity contribution in [3.63, 3.8) is 0 Å². The lowest BCUT2D eigenvalue weighted by Crippen LogP contribution is -1.78. The standard InChI is InChI=1S/C8H8.3C2H4O2.C2H4.2H3N/c1-2-8-6-4-3-5-7-8;3*1-2(3)4;1-2;;/h2-7H,1H2;3*1H3,(H,3,4);1-2H2;2*1H3. The van der Waals surface area contributed by atoms with Gasteiger partial charge in [-0.05, 0) is 5.56 Å². The van der Waals surface area contributed by atoms with Gasteiger partial charge >= 0.3 is 0 Å². The Hall–Kier alpha value is -2.97. The Morgan fingerprint density at radius 3 is 1.12 bits per heavy atom. The molecule has 0 aliphatic carbocycles. The van der Waals surface area contributed by atoms with Crippen LogP contribution >= 0.6 is 0 Å². The Kier molecular flexibility index (Phi) is 50.0. The van der Waals surface area contributed by atoms with Gasteiger partial charge in [-0.25, -0.2) is 0 Å². The lowest BCUT2D eigenvalue weighted by atomic mass is 10.2. The van der Waals surface area contributed by atoms with E-state index in [-0.39, 0.29) is 12.3 Å². The summed E-state index contributed by atoms with van der Waals surface area (Å²) in [6.07, 6.45) is 1.83. The van der Waals surface area contributed by atoms with E-state index in [1.165, 1.54) is 5.56 Å². The Bertz CT molecular complexity index is 381. The zero-order valence-electron chi connectivity index (χ0n) is 14.6. The minimum Gasteiger partial charge on any atom is -0.481 e. The van der Waals surface area contributed by atoms with E-state index in [2.05, 4.69) is 19.7 Å². The van der Waals surface area contributed by atoms with E-state index >= 15 is 0 Å². The van der Waals surface area contributed by atoms with Crippen molar-refractivity contribution in [3.8, 4) is 0 Å². The topological polar surface area (TPSA) is 182 Å². The van der Waals surface area contributed by atoms with E-state index in [4.69, 9.17) is 29.7 Å². The Labute approximate surface area is 143 Å². The van der Waals surface area contributed by atoms with Crippen LogP contribution in [-0.4, -0.2) is 33.2 Å². The van der Waals surface area contributed by atoms with Crippen LogP contribution in [-0.2, 0) is 14.4 Å². The number of carboxylic acids is 3. The molecule has 0 amide bonds. The zero-order chi connectivity index (χ0) is 18.6. The van der Waals surface area contributed by atoms with Gasteiger partial charge in [-0.1, -0.05) is 43.0 Å². The third-order valence-corrected chi connectivity index (χ3v) is 1.04. The quantitative estimate of drug-likeness (QED) is 0.476. The summed E-state index contributed by atoms with van der Waals surface area (Å²) in [5.74, 6) is -2.50. The summed E-state index contributed by atoms with van der Waals surface area (Å²) in [6, 6.07) is 10.0. The lowest BCUT2D eigenvalue weighted by molar-refractivity contribution is -0.135. The second kappa shape index (κ2) is 32.1. The van der Waals surface area contributed by atoms with Crippen molar-refractivity contribution in [1.82, 2.24) is 12.3 Å². The molecule has 0 aromatic heterocycles. The van der Waals surface area contributed by atoms with Crippen LogP contribution in [0.5, 0.6) is 0 Å². The molecule has 9 N–H and O–H groups in total. The molecule has 0 fully saturated rings. The Morgan fingerprint density at radius 2 is 1.00 bits per heavy atom. The van der Waals surface area contributed by atoms with E-state index in [9.17, 15) is 0 Å². The molecule has 0 saturated heterocycles. The number of aliphatic carboxylic acids is 3. The first-order chi connectivity index (χ1) is 10.1. The van der Waals surface area contributed by atoms with E-state index in [1.54, 1.807) is 0 Å². The molecule has 24 heavy (non-hydrogen) atoms. The Morgan fingerprint density at radius 1 is 0.792 bits per heavy atom. The maximum Gasteiger partial charge on any atom is 0.300 e. The predicted molar refractivity (Wildman–Crippen MR) is 97.8 cm³/mol. The molecule has 0 radical (unpaired) electrons. The SMILES string of the molecule is C=C.C=Cc1ccccc1.CC(=O)O.CC(=O)O.CC(=O)O.N.N. The van der Waals surface area contributed by atoms with Gasteiger partial charge in [0.05, 0.1) is 0 Å². The molecule has 1 rings (SSSR count). The van der Waals surface area contributed by atoms with Crippen LogP contribution in [0.25, 0.3) is 6.08 Å². The normalized spacial score (nSPS) is 6.12. The fourth-order valence-corrected chi connectivity index (χ4v) is 0.589. The molecule has 0 spiro atoms. The van der Waals surface area contributed by atoms with Crippen molar-refractivity contribution < 1.29 is 29.7 Å². The van der Waals surface area contributed by atoms with Gasteiger partial charge in [0.2, 0.25) is 0 Å². The number of carbonyl (C=O) groups is 3. The molecule has 0 aliphatic rings. The average Bonchev–Trinajstić information content (AvgIpc) is 2.40. The highest BCUT2D eigenvalue weighted by molar-refractivity contribution is 5.63. The molecule has 0 saturated carbocycles. The van der Waals surface area contributed by atoms with Gasteiger partial charge in [-0.2, -0.15) is 0 Å². The first-order valence-electron chi connectivity index (χ1n) is 5.89. The van der Waals surface area contributed by atoms with Crippen molar-refractivity contribution >= 4 is 24.0 Å². The molecule has 0 bridgehead atoms. The van der Waals surface area contributed by atoms with Gasteiger partial charge < -0.3 is 27.6 Å². The minimum atomic E-state index is -0.833. The van der Waals surface area contributed by atoms with Crippen molar-refractivity contribution in [2.75, 3.05) is 0 Å². The number of benzene rings is 1. The summed E-state index contributed by atoms with van der Waals surface area (Å²) in [5, 5.41) is 22.2. The van der Waals surface area contributed by atoms with Crippen LogP contribution in [0.1, 0.15) is 26.3 Å². The monoisotopic (exact) mass is 346 g/mol. The van der Waals surface area contributed by atoms with E-state index in [0.29, 0.717) is 0 Å². The molecule has 8 nitrogen and oxygen atoms in total. The molecule has 0 aliphatic heterocycles. The maximum atomic E-state index is 9.00. The van der Waals surface area contributed by atoms with Crippen LogP contribution in [0, 0.1) is 0 Å². The van der Waals surface area contributed by atoms with Crippen LogP contribution in [0.2, 0.25) is 0 Å². The number of hydrogen-bond donors (Lipinski definition) is 5. The number of carboxylic acid groups (broad SMARTS) is 3. The second-order valence-corrected chi connectivity index (χ2v) is 3.17. The van der Waals surface area contributed by atoms with Crippen LogP contribution in [0.4, 0.5) is 0 Å². The molecule has 140 valence electrons. The van der Waals surface area contributed by atoms with Crippen LogP contribution < -0.4 is 12.3 Å². The maximum absolute atomic E-state index is 9.00. The van der Waals surface area contributed by atoms with Crippen molar-refractivity contribution in [1.29, 1.82) is 0 Å². The highest BCUT2D eigenvalue weighted by Gasteiger charge is 1.75. The molecule has 8 heteroatoms. The third kappa shape index (κ3) is 125. The summed E-state index contributed by atoms with van der Waals surface area (Å²) in [7, 11) is 0. The molecular weight excluding hydrogens is 316 g/mol. The predicted octanol–water partition coefficient (Wildman–Crippen LogP) is 3.73. The highest BCUT2D eigenvalue weighted by Crippen LogP contribution is 1.97. The molecule has 1 aromatic carbocycles. The first kappa shape index (κ1) is 37.3. The van der Waals surface area contributed by atoms with E-state index in [0.717, 1.165) is 20.8 Å². The first-order valence-corrected chi connectivity index (χ1v) is 5.89. The second-order valence-electron chi connectivity index (χ2n) is 3.17. The Balaban J connectivity index is -0.0000000448. The van der Waals surface area contributed by atoms with Crippen molar-refractivity contribution in [2.45, 2.75) is 20.8 Å². The number of rotatable bonds is 1. The highest BCUT2D eigenvalue weighted by atomic mass is 16.4. The van der Waals surface area contributed by atoms with E-state index < -0.39 is 17.9 Å². The summed E-state index contributed by atoms with van der Waals surface area (Å²) < 4.78 is 0. The molecular formula is C16H30N2O6. The van der Waals surface area contributed by atoms with Crippen LogP contribution in [0.15, 0.2) is 50.1 Å². The van der Waals surface area contributed by atoms with Crippen LogP contribution in [0.3, 0.4) is 0 Å². The van der Waals surface area contributed by atoms with Gasteiger partial charge in [0, 0.05) is 20.8 Å². The van der Waals surface area contributed by atoms with Gasteiger partial charge in [0.15, 0.2) is 0 Å². The smallest absolute Gasteiger partial charge is 0.300 e. The molecule has 0 unspecified atom stereocenters. The zero-order valence-corrected chi connectivity index (χ0v) is 14.6. The third-order valence-electron chi connectivity index (χ3n) is 1.04. The van der Waals surface area contributed by atoms with Gasteiger partial charge in [-0.3, -0.25) is 14.4 Å². The molecule has 0 heterocycles. The van der Waals surface area contributed by atoms with Crippen molar-refractivity contribution in [3.05, 3.63) is 55.6 Å². The fraction of sp³-hybridized carbons (Fsp3) is 0.188. The lowest BCUT2D eigenvalue weighted by Gasteiger charge is -1.85. The minimum absolute atomic E-state index is 0. The van der Waals surface area contributed by atoms with Gasteiger partial charge in [0.1, 0.15) is 0 Å². The average molecular weight is 346 g/mol. The summed E-state index contributed by atoms with van der Waals surface area (Å²) in [4.78, 5) is 27.0. The van der Waals surface area contributed by atoms with Gasteiger partial charge in [-0.15, -0.1) is 13.2 Å². The largest absolute Gasteiger partial charge is 0.481 e. The summed E-state index contributed by atoms with van der Waals surface area (Å²) in [6.45, 7) is 12.9. The fourth-order valence-electron chi connectivity index (χ4n) is 0.589.